The molecule has 3 amide bonds. The van der Waals surface area contributed by atoms with E-state index < -0.39 is 17.6 Å². The van der Waals surface area contributed by atoms with Gasteiger partial charge in [0, 0.05) is 39.1 Å². The summed E-state index contributed by atoms with van der Waals surface area (Å²) < 4.78 is 27.6. The molecule has 9 heteroatoms. The maximum atomic E-state index is 14.3. The molecule has 2 aliphatic heterocycles. The average molecular weight is 462 g/mol. The Morgan fingerprint density at radius 3 is 2.34 bits per heavy atom. The van der Waals surface area contributed by atoms with Crippen LogP contribution in [0.1, 0.15) is 22.3 Å². The van der Waals surface area contributed by atoms with E-state index in [9.17, 15) is 23.2 Å². The van der Waals surface area contributed by atoms with Crippen LogP contribution in [0.25, 0.3) is 0 Å². The minimum absolute atomic E-state index is 0.0243. The number of halogens is 3. The van der Waals surface area contributed by atoms with Gasteiger partial charge in [-0.2, -0.15) is 0 Å². The van der Waals surface area contributed by atoms with Gasteiger partial charge < -0.3 is 14.7 Å². The summed E-state index contributed by atoms with van der Waals surface area (Å²) in [6.07, 6.45) is 0.0243. The molecule has 6 nitrogen and oxygen atoms in total. The molecule has 1 unspecified atom stereocenters. The van der Waals surface area contributed by atoms with E-state index in [2.05, 4.69) is 0 Å². The van der Waals surface area contributed by atoms with E-state index in [0.717, 1.165) is 11.6 Å². The normalized spacial score (nSPS) is 18.9. The predicted octanol–water partition coefficient (Wildman–Crippen LogP) is 3.26. The van der Waals surface area contributed by atoms with Crippen molar-refractivity contribution in [2.24, 2.45) is 5.92 Å². The number of anilines is 1. The van der Waals surface area contributed by atoms with E-state index >= 15 is 0 Å². The lowest BCUT2D eigenvalue weighted by Gasteiger charge is -2.36. The Morgan fingerprint density at radius 1 is 1.00 bits per heavy atom. The molecule has 4 rings (SSSR count). The molecule has 2 aliphatic rings. The summed E-state index contributed by atoms with van der Waals surface area (Å²) in [5, 5.41) is 0.0430. The molecule has 0 aliphatic carbocycles. The summed E-state index contributed by atoms with van der Waals surface area (Å²) in [6, 6.07) is 8.26. The molecular formula is C23H22ClF2N3O3. The SMILES string of the molecule is Cc1ccc(N2CC(C(=O)N3CCN(C(=O)c4ccc(F)cc4Cl)CC3)CC2=O)c(F)c1. The van der Waals surface area contributed by atoms with Gasteiger partial charge in [0.2, 0.25) is 11.8 Å². The Labute approximate surface area is 189 Å². The molecule has 168 valence electrons. The minimum atomic E-state index is -0.558. The van der Waals surface area contributed by atoms with Crippen molar-refractivity contribution in [3.8, 4) is 0 Å². The van der Waals surface area contributed by atoms with Crippen molar-refractivity contribution in [1.82, 2.24) is 9.80 Å². The first-order valence-electron chi connectivity index (χ1n) is 10.3. The lowest BCUT2D eigenvalue weighted by molar-refractivity contribution is -0.137. The van der Waals surface area contributed by atoms with E-state index in [-0.39, 0.29) is 47.0 Å². The molecule has 0 saturated carbocycles. The number of carbonyl (C=O) groups excluding carboxylic acids is 3. The van der Waals surface area contributed by atoms with Crippen LogP contribution in [0.2, 0.25) is 5.02 Å². The molecule has 0 aromatic heterocycles. The molecule has 2 heterocycles. The van der Waals surface area contributed by atoms with Crippen molar-refractivity contribution in [1.29, 1.82) is 0 Å². The summed E-state index contributed by atoms with van der Waals surface area (Å²) in [7, 11) is 0. The second-order valence-corrected chi connectivity index (χ2v) is 8.51. The van der Waals surface area contributed by atoms with Crippen LogP contribution < -0.4 is 4.90 Å². The summed E-state index contributed by atoms with van der Waals surface area (Å²) in [4.78, 5) is 42.7. The van der Waals surface area contributed by atoms with Gasteiger partial charge in [-0.3, -0.25) is 14.4 Å². The zero-order valence-electron chi connectivity index (χ0n) is 17.5. The third-order valence-electron chi connectivity index (χ3n) is 5.91. The van der Waals surface area contributed by atoms with Crippen LogP contribution in [0.15, 0.2) is 36.4 Å². The number of hydrogen-bond acceptors (Lipinski definition) is 3. The predicted molar refractivity (Wildman–Crippen MR) is 115 cm³/mol. The molecule has 2 aromatic carbocycles. The maximum Gasteiger partial charge on any atom is 0.255 e. The molecule has 0 radical (unpaired) electrons. The third kappa shape index (κ3) is 4.32. The van der Waals surface area contributed by atoms with E-state index in [1.165, 1.54) is 23.1 Å². The number of piperazine rings is 1. The quantitative estimate of drug-likeness (QED) is 0.705. The second kappa shape index (κ2) is 8.86. The molecular weight excluding hydrogens is 440 g/mol. The van der Waals surface area contributed by atoms with E-state index in [1.54, 1.807) is 28.9 Å². The van der Waals surface area contributed by atoms with E-state index in [4.69, 9.17) is 11.6 Å². The average Bonchev–Trinajstić information content (AvgIpc) is 3.14. The van der Waals surface area contributed by atoms with Crippen LogP contribution in [0.5, 0.6) is 0 Å². The van der Waals surface area contributed by atoms with Crippen molar-refractivity contribution < 1.29 is 23.2 Å². The zero-order chi connectivity index (χ0) is 23.0. The molecule has 2 fully saturated rings. The number of rotatable bonds is 3. The molecule has 0 spiro atoms. The molecule has 2 aromatic rings. The van der Waals surface area contributed by atoms with Crippen molar-refractivity contribution in [3.63, 3.8) is 0 Å². The number of aryl methyl sites for hydroxylation is 1. The molecule has 0 N–H and O–H groups in total. The zero-order valence-corrected chi connectivity index (χ0v) is 18.2. The lowest BCUT2D eigenvalue weighted by Crippen LogP contribution is -2.52. The monoisotopic (exact) mass is 461 g/mol. The first-order valence-corrected chi connectivity index (χ1v) is 10.7. The van der Waals surface area contributed by atoms with Crippen molar-refractivity contribution in [2.45, 2.75) is 13.3 Å². The van der Waals surface area contributed by atoms with Crippen LogP contribution in [0.3, 0.4) is 0 Å². The van der Waals surface area contributed by atoms with Gasteiger partial charge in [-0.25, -0.2) is 8.78 Å². The van der Waals surface area contributed by atoms with Crippen molar-refractivity contribution in [2.75, 3.05) is 37.6 Å². The second-order valence-electron chi connectivity index (χ2n) is 8.10. The Bertz CT molecular complexity index is 1090. The first kappa shape index (κ1) is 22.2. The fourth-order valence-corrected chi connectivity index (χ4v) is 4.41. The fraction of sp³-hybridized carbons (Fsp3) is 0.348. The molecule has 2 saturated heterocycles. The number of amides is 3. The smallest absolute Gasteiger partial charge is 0.255 e. The van der Waals surface area contributed by atoms with Gasteiger partial charge in [-0.15, -0.1) is 0 Å². The van der Waals surface area contributed by atoms with Crippen LogP contribution in [0, 0.1) is 24.5 Å². The van der Waals surface area contributed by atoms with Crippen LogP contribution >= 0.6 is 11.6 Å². The fourth-order valence-electron chi connectivity index (χ4n) is 4.16. The first-order chi connectivity index (χ1) is 15.2. The standard InChI is InChI=1S/C23H22ClF2N3O3/c1-14-2-5-20(19(26)10-14)29-13-15(11-21(29)30)22(31)27-6-8-28(9-7-27)23(32)17-4-3-16(25)12-18(17)24/h2-5,10,12,15H,6-9,11,13H2,1H3. The van der Waals surface area contributed by atoms with Crippen LogP contribution in [-0.4, -0.2) is 60.2 Å². The number of nitrogens with zero attached hydrogens (tertiary/aromatic N) is 3. The Kier molecular flexibility index (Phi) is 6.15. The van der Waals surface area contributed by atoms with Crippen LogP contribution in [-0.2, 0) is 9.59 Å². The lowest BCUT2D eigenvalue weighted by atomic mass is 10.1. The molecule has 32 heavy (non-hydrogen) atoms. The van der Waals surface area contributed by atoms with Gasteiger partial charge in [0.05, 0.1) is 22.2 Å². The highest BCUT2D eigenvalue weighted by Crippen LogP contribution is 2.29. The van der Waals surface area contributed by atoms with Gasteiger partial charge >= 0.3 is 0 Å². The summed E-state index contributed by atoms with van der Waals surface area (Å²) >= 11 is 5.99. The van der Waals surface area contributed by atoms with Gasteiger partial charge in [-0.1, -0.05) is 17.7 Å². The highest BCUT2D eigenvalue weighted by Gasteiger charge is 2.39. The van der Waals surface area contributed by atoms with Gasteiger partial charge in [0.25, 0.3) is 5.91 Å². The maximum absolute atomic E-state index is 14.3. The van der Waals surface area contributed by atoms with Gasteiger partial charge in [-0.05, 0) is 42.8 Å². The number of carbonyl (C=O) groups is 3. The molecule has 0 bridgehead atoms. The largest absolute Gasteiger partial charge is 0.339 e. The van der Waals surface area contributed by atoms with E-state index in [0.29, 0.717) is 26.2 Å². The topological polar surface area (TPSA) is 60.9 Å². The Balaban J connectivity index is 1.37. The Hall–Kier alpha value is -3.00. The summed E-state index contributed by atoms with van der Waals surface area (Å²) in [5.41, 5.74) is 1.15. The van der Waals surface area contributed by atoms with Gasteiger partial charge in [0.1, 0.15) is 11.6 Å². The Morgan fingerprint density at radius 2 is 1.69 bits per heavy atom. The van der Waals surface area contributed by atoms with Crippen molar-refractivity contribution in [3.05, 3.63) is 64.2 Å². The molecule has 1 atom stereocenters. The highest BCUT2D eigenvalue weighted by molar-refractivity contribution is 6.33. The minimum Gasteiger partial charge on any atom is -0.339 e. The highest BCUT2D eigenvalue weighted by atomic mass is 35.5. The van der Waals surface area contributed by atoms with E-state index in [1.807, 2.05) is 0 Å². The summed E-state index contributed by atoms with van der Waals surface area (Å²) in [6.45, 7) is 3.12. The van der Waals surface area contributed by atoms with Gasteiger partial charge in [0.15, 0.2) is 0 Å². The number of hydrogen-bond donors (Lipinski definition) is 0. The third-order valence-corrected chi connectivity index (χ3v) is 6.22. The summed E-state index contributed by atoms with van der Waals surface area (Å²) in [5.74, 6) is -2.35. The van der Waals surface area contributed by atoms with Crippen molar-refractivity contribution >= 4 is 35.0 Å². The van der Waals surface area contributed by atoms with Crippen LogP contribution in [0.4, 0.5) is 14.5 Å². The number of benzene rings is 2.